The van der Waals surface area contributed by atoms with Gasteiger partial charge >= 0.3 is 6.18 Å². The molecule has 2 aromatic rings. The number of likely N-dealkylation sites (tertiary alicyclic amines) is 1. The molecule has 15 heteroatoms. The summed E-state index contributed by atoms with van der Waals surface area (Å²) in [6, 6.07) is 5.13. The molecular formula is C31H34F4N8O3. The lowest BCUT2D eigenvalue weighted by Gasteiger charge is -2.50. The van der Waals surface area contributed by atoms with Gasteiger partial charge in [0.15, 0.2) is 0 Å². The number of nitrogens with one attached hydrogen (secondary N) is 1. The summed E-state index contributed by atoms with van der Waals surface area (Å²) in [5, 5.41) is 12.4. The van der Waals surface area contributed by atoms with Crippen molar-refractivity contribution in [3.63, 3.8) is 0 Å². The molecule has 4 heterocycles. The number of carbonyl (C=O) groups is 3. The molecular weight excluding hydrogens is 608 g/mol. The number of piperazine rings is 1. The first-order valence-electron chi connectivity index (χ1n) is 14.7. The van der Waals surface area contributed by atoms with E-state index in [1.807, 2.05) is 4.90 Å². The Bertz CT molecular complexity index is 1600. The quantitative estimate of drug-likeness (QED) is 0.378. The number of carbonyl (C=O) groups excluding carboxylic acids is 3. The summed E-state index contributed by atoms with van der Waals surface area (Å²) in [4.78, 5) is 51.0. The third-order valence-corrected chi connectivity index (χ3v) is 8.86. The van der Waals surface area contributed by atoms with Crippen molar-refractivity contribution in [1.82, 2.24) is 19.7 Å². The van der Waals surface area contributed by atoms with Gasteiger partial charge in [-0.2, -0.15) is 18.4 Å². The topological polar surface area (TPSA) is 116 Å². The zero-order valence-electron chi connectivity index (χ0n) is 25.6. The van der Waals surface area contributed by atoms with E-state index in [1.165, 1.54) is 37.1 Å². The first kappa shape index (κ1) is 32.7. The van der Waals surface area contributed by atoms with Gasteiger partial charge in [0.05, 0.1) is 29.5 Å². The van der Waals surface area contributed by atoms with Crippen LogP contribution in [0.2, 0.25) is 0 Å². The molecule has 11 nitrogen and oxygen atoms in total. The van der Waals surface area contributed by atoms with E-state index in [2.05, 4.69) is 16.9 Å². The number of para-hydroxylation sites is 1. The molecule has 2 atom stereocenters. The standard InChI is InChI=1S/C31H34F4N8O3/c1-5-26(44)43-15-20(16-43)42-14-19(39(3)27(45)17-42)13-41-10-9-24(30(46)40(4)25-8-6-7-23(32)28(25)41)38-29-21(12-36)22(31(33,34)35)11-18(2)37-29/h5-8,11,19-20,24H,1,9-10,13-17H2,2-4H3,(H,37,38)/t19-,24-/m0/s1. The SMILES string of the molecule is C=CC(=O)N1CC(N2CC(=O)N(C)[C@@H](CN3CC[C@H](Nc4nc(C)cc(C(F)(F)F)c4C#N)C(=O)N(C)c4cccc(F)c43)C2)C1. The van der Waals surface area contributed by atoms with Gasteiger partial charge in [0, 0.05) is 58.6 Å². The van der Waals surface area contributed by atoms with E-state index in [9.17, 15) is 32.8 Å². The van der Waals surface area contributed by atoms with Crippen LogP contribution in [-0.2, 0) is 20.6 Å². The van der Waals surface area contributed by atoms with Crippen LogP contribution < -0.4 is 15.1 Å². The number of anilines is 3. The maximum atomic E-state index is 15.5. The highest BCUT2D eigenvalue weighted by molar-refractivity contribution is 6.01. The Morgan fingerprint density at radius 1 is 1.22 bits per heavy atom. The molecule has 5 rings (SSSR count). The number of likely N-dealkylation sites (N-methyl/N-ethyl adjacent to an activating group) is 2. The molecule has 0 unspecified atom stereocenters. The lowest BCUT2D eigenvalue weighted by molar-refractivity contribution is -0.144. The first-order valence-corrected chi connectivity index (χ1v) is 14.7. The molecule has 46 heavy (non-hydrogen) atoms. The van der Waals surface area contributed by atoms with Crippen molar-refractivity contribution >= 4 is 34.9 Å². The number of aryl methyl sites for hydroxylation is 1. The Hall–Kier alpha value is -4.71. The van der Waals surface area contributed by atoms with Gasteiger partial charge in [0.1, 0.15) is 29.3 Å². The van der Waals surface area contributed by atoms with Gasteiger partial charge < -0.3 is 24.9 Å². The lowest BCUT2D eigenvalue weighted by atomic mass is 10.0. The van der Waals surface area contributed by atoms with Crippen LogP contribution in [0.15, 0.2) is 36.9 Å². The van der Waals surface area contributed by atoms with Crippen molar-refractivity contribution in [2.75, 3.05) is 68.5 Å². The van der Waals surface area contributed by atoms with E-state index in [4.69, 9.17) is 0 Å². The van der Waals surface area contributed by atoms with E-state index in [0.29, 0.717) is 19.6 Å². The van der Waals surface area contributed by atoms with Gasteiger partial charge in [-0.15, -0.1) is 0 Å². The summed E-state index contributed by atoms with van der Waals surface area (Å²) >= 11 is 0. The van der Waals surface area contributed by atoms with Crippen LogP contribution >= 0.6 is 0 Å². The summed E-state index contributed by atoms with van der Waals surface area (Å²) in [6.45, 7) is 6.70. The number of fused-ring (bicyclic) bond motifs is 1. The molecule has 244 valence electrons. The average molecular weight is 643 g/mol. The Labute approximate surface area is 263 Å². The maximum absolute atomic E-state index is 15.5. The average Bonchev–Trinajstić information content (AvgIpc) is 2.97. The number of nitrogens with zero attached hydrogens (tertiary/aromatic N) is 7. The van der Waals surface area contributed by atoms with E-state index < -0.39 is 35.1 Å². The largest absolute Gasteiger partial charge is 0.417 e. The van der Waals surface area contributed by atoms with E-state index >= 15 is 4.39 Å². The number of amides is 3. The minimum Gasteiger partial charge on any atom is -0.365 e. The van der Waals surface area contributed by atoms with Crippen molar-refractivity contribution < 1.29 is 31.9 Å². The number of alkyl halides is 3. The summed E-state index contributed by atoms with van der Waals surface area (Å²) in [6.07, 6.45) is -3.55. The van der Waals surface area contributed by atoms with Crippen LogP contribution in [0.1, 0.15) is 23.2 Å². The molecule has 1 aromatic heterocycles. The predicted octanol–water partition coefficient (Wildman–Crippen LogP) is 2.61. The molecule has 1 aromatic carbocycles. The Morgan fingerprint density at radius 3 is 2.59 bits per heavy atom. The molecule has 3 aliphatic rings. The fourth-order valence-corrected chi connectivity index (χ4v) is 6.21. The highest BCUT2D eigenvalue weighted by atomic mass is 19.4. The molecule has 0 spiro atoms. The number of benzene rings is 1. The Balaban J connectivity index is 1.43. The predicted molar refractivity (Wildman–Crippen MR) is 161 cm³/mol. The third kappa shape index (κ3) is 6.21. The van der Waals surface area contributed by atoms with Gasteiger partial charge in [-0.3, -0.25) is 19.3 Å². The molecule has 2 fully saturated rings. The zero-order chi connectivity index (χ0) is 33.5. The molecule has 3 aliphatic heterocycles. The Kier molecular flexibility index (Phi) is 8.94. The molecule has 0 radical (unpaired) electrons. The van der Waals surface area contributed by atoms with E-state index in [1.54, 1.807) is 33.9 Å². The minimum atomic E-state index is -4.82. The van der Waals surface area contributed by atoms with Crippen LogP contribution in [0.25, 0.3) is 0 Å². The number of hydrogen-bond donors (Lipinski definition) is 1. The number of aromatic nitrogens is 1. The van der Waals surface area contributed by atoms with Crippen molar-refractivity contribution in [3.8, 4) is 6.07 Å². The van der Waals surface area contributed by atoms with Gasteiger partial charge in [-0.1, -0.05) is 12.6 Å². The summed E-state index contributed by atoms with van der Waals surface area (Å²) in [5.41, 5.74) is -1.49. The van der Waals surface area contributed by atoms with Gasteiger partial charge in [0.2, 0.25) is 17.7 Å². The smallest absolute Gasteiger partial charge is 0.365 e. The summed E-state index contributed by atoms with van der Waals surface area (Å²) in [5.74, 6) is -1.81. The van der Waals surface area contributed by atoms with Crippen molar-refractivity contribution in [3.05, 3.63) is 59.6 Å². The van der Waals surface area contributed by atoms with Crippen LogP contribution in [0, 0.1) is 24.1 Å². The molecule has 1 N–H and O–H groups in total. The van der Waals surface area contributed by atoms with Crippen molar-refractivity contribution in [1.29, 1.82) is 5.26 Å². The van der Waals surface area contributed by atoms with Crippen LogP contribution in [0.4, 0.5) is 34.8 Å². The summed E-state index contributed by atoms with van der Waals surface area (Å²) in [7, 11) is 3.12. The lowest BCUT2D eigenvalue weighted by Crippen LogP contribution is -2.67. The van der Waals surface area contributed by atoms with E-state index in [-0.39, 0.29) is 72.8 Å². The third-order valence-electron chi connectivity index (χ3n) is 8.86. The second kappa shape index (κ2) is 12.6. The fourth-order valence-electron chi connectivity index (χ4n) is 6.21. The number of pyridine rings is 1. The van der Waals surface area contributed by atoms with Gasteiger partial charge in [-0.05, 0) is 37.6 Å². The normalized spacial score (nSPS) is 21.3. The number of nitriles is 1. The Morgan fingerprint density at radius 2 is 1.93 bits per heavy atom. The number of halogens is 4. The summed E-state index contributed by atoms with van der Waals surface area (Å²) < 4.78 is 56.8. The second-order valence-corrected chi connectivity index (χ2v) is 11.8. The first-order chi connectivity index (χ1) is 21.7. The van der Waals surface area contributed by atoms with E-state index in [0.717, 1.165) is 6.07 Å². The maximum Gasteiger partial charge on any atom is 0.417 e. The molecule has 0 bridgehead atoms. The second-order valence-electron chi connectivity index (χ2n) is 11.8. The van der Waals surface area contributed by atoms with Gasteiger partial charge in [0.25, 0.3) is 0 Å². The molecule has 0 saturated carbocycles. The minimum absolute atomic E-state index is 0.00696. The van der Waals surface area contributed by atoms with Crippen molar-refractivity contribution in [2.45, 2.75) is 37.6 Å². The van der Waals surface area contributed by atoms with Crippen molar-refractivity contribution in [2.24, 2.45) is 0 Å². The fraction of sp³-hybridized carbons (Fsp3) is 0.452. The monoisotopic (exact) mass is 642 g/mol. The number of hydrogen-bond acceptors (Lipinski definition) is 8. The van der Waals surface area contributed by atoms with Gasteiger partial charge in [-0.25, -0.2) is 9.37 Å². The van der Waals surface area contributed by atoms with Crippen LogP contribution in [0.5, 0.6) is 0 Å². The highest BCUT2D eigenvalue weighted by Gasteiger charge is 2.42. The number of rotatable bonds is 6. The highest BCUT2D eigenvalue weighted by Crippen LogP contribution is 2.37. The van der Waals surface area contributed by atoms with Crippen LogP contribution in [0.3, 0.4) is 0 Å². The van der Waals surface area contributed by atoms with Crippen LogP contribution in [-0.4, -0.2) is 109 Å². The molecule has 3 amide bonds. The molecule has 2 saturated heterocycles. The zero-order valence-corrected chi connectivity index (χ0v) is 25.6. The molecule has 0 aliphatic carbocycles.